The van der Waals surface area contributed by atoms with E-state index in [-0.39, 0.29) is 11.3 Å². The number of barbiturate groups is 1. The first-order chi connectivity index (χ1) is 10.8. The predicted molar refractivity (Wildman–Crippen MR) is 75.9 cm³/mol. The van der Waals surface area contributed by atoms with Gasteiger partial charge >= 0.3 is 6.03 Å². The van der Waals surface area contributed by atoms with E-state index in [0.29, 0.717) is 5.56 Å². The van der Waals surface area contributed by atoms with Gasteiger partial charge in [-0.05, 0) is 23.8 Å². The van der Waals surface area contributed by atoms with Crippen LogP contribution in [0.2, 0.25) is 0 Å². The maximum atomic E-state index is 12.1. The fourth-order valence-corrected chi connectivity index (χ4v) is 1.98. The molecule has 4 amide bonds. The van der Waals surface area contributed by atoms with Crippen LogP contribution in [0, 0.1) is 0 Å². The number of carboxylic acid groups (broad SMARTS) is 1. The van der Waals surface area contributed by atoms with Gasteiger partial charge in [0.1, 0.15) is 17.9 Å². The molecule has 120 valence electrons. The minimum Gasteiger partial charge on any atom is -0.546 e. The minimum absolute atomic E-state index is 0.174. The molecule has 0 aliphatic carbocycles. The van der Waals surface area contributed by atoms with E-state index in [1.807, 2.05) is 0 Å². The summed E-state index contributed by atoms with van der Waals surface area (Å²) in [5.74, 6) is -2.54. The van der Waals surface area contributed by atoms with E-state index < -0.39 is 30.4 Å². The fraction of sp³-hybridized carbons (Fsp3) is 0.200. The number of carbonyl (C=O) groups is 4. The van der Waals surface area contributed by atoms with Gasteiger partial charge in [-0.3, -0.25) is 19.4 Å². The van der Waals surface area contributed by atoms with Crippen molar-refractivity contribution in [2.45, 2.75) is 0 Å². The summed E-state index contributed by atoms with van der Waals surface area (Å²) in [4.78, 5) is 47.8. The lowest BCUT2D eigenvalue weighted by Crippen LogP contribution is -2.52. The molecule has 0 aromatic heterocycles. The third-order valence-electron chi connectivity index (χ3n) is 3.17. The number of aliphatic carboxylic acids is 1. The molecule has 8 heteroatoms. The Kier molecular flexibility index (Phi) is 4.44. The third-order valence-corrected chi connectivity index (χ3v) is 3.17. The number of amides is 4. The van der Waals surface area contributed by atoms with Crippen LogP contribution in [0.3, 0.4) is 0 Å². The Morgan fingerprint density at radius 1 is 1.17 bits per heavy atom. The highest BCUT2D eigenvalue weighted by Gasteiger charge is 2.37. The summed E-state index contributed by atoms with van der Waals surface area (Å²) in [6.07, 6.45) is 1.32. The molecule has 1 heterocycles. The third kappa shape index (κ3) is 3.37. The quantitative estimate of drug-likeness (QED) is 0.534. The fourth-order valence-electron chi connectivity index (χ4n) is 1.98. The van der Waals surface area contributed by atoms with Gasteiger partial charge in [0, 0.05) is 14.1 Å². The first kappa shape index (κ1) is 16.2. The number of hydrogen-bond donors (Lipinski definition) is 0. The highest BCUT2D eigenvalue weighted by atomic mass is 16.5. The maximum Gasteiger partial charge on any atom is 0.333 e. The molecule has 0 saturated carbocycles. The summed E-state index contributed by atoms with van der Waals surface area (Å²) >= 11 is 0. The van der Waals surface area contributed by atoms with Crippen LogP contribution in [0.25, 0.3) is 6.08 Å². The van der Waals surface area contributed by atoms with Crippen LogP contribution < -0.4 is 9.84 Å². The molecule has 1 saturated heterocycles. The summed E-state index contributed by atoms with van der Waals surface area (Å²) in [5, 5.41) is 10.4. The zero-order valence-electron chi connectivity index (χ0n) is 12.4. The van der Waals surface area contributed by atoms with Gasteiger partial charge in [0.25, 0.3) is 11.8 Å². The molecule has 8 nitrogen and oxygen atoms in total. The van der Waals surface area contributed by atoms with E-state index in [1.54, 1.807) is 12.1 Å². The van der Waals surface area contributed by atoms with Crippen molar-refractivity contribution >= 4 is 29.9 Å². The Labute approximate surface area is 131 Å². The summed E-state index contributed by atoms with van der Waals surface area (Å²) in [6.45, 7) is -0.613. The normalized spacial score (nSPS) is 15.0. The molecule has 1 fully saturated rings. The van der Waals surface area contributed by atoms with Crippen molar-refractivity contribution in [1.82, 2.24) is 9.80 Å². The molecule has 0 atom stereocenters. The van der Waals surface area contributed by atoms with Gasteiger partial charge in [0.05, 0.1) is 5.97 Å². The predicted octanol–water partition coefficient (Wildman–Crippen LogP) is -0.751. The van der Waals surface area contributed by atoms with Crippen LogP contribution in [0.15, 0.2) is 29.8 Å². The van der Waals surface area contributed by atoms with Crippen molar-refractivity contribution < 1.29 is 29.0 Å². The van der Waals surface area contributed by atoms with Crippen molar-refractivity contribution in [2.24, 2.45) is 0 Å². The van der Waals surface area contributed by atoms with Crippen LogP contribution in [0.4, 0.5) is 4.79 Å². The standard InChI is InChI=1S/C15H14N2O6/c1-16-13(20)11(14(21)17(2)15(16)22)7-9-4-3-5-10(6-9)23-8-12(18)19/h3-7H,8H2,1-2H3,(H,18,19)/p-1. The Morgan fingerprint density at radius 2 is 1.78 bits per heavy atom. The molecule has 1 aromatic carbocycles. The van der Waals surface area contributed by atoms with E-state index >= 15 is 0 Å². The second kappa shape index (κ2) is 6.30. The Bertz CT molecular complexity index is 698. The van der Waals surface area contributed by atoms with Crippen LogP contribution in [0.5, 0.6) is 5.75 Å². The number of hydrogen-bond acceptors (Lipinski definition) is 6. The number of benzene rings is 1. The van der Waals surface area contributed by atoms with E-state index in [2.05, 4.69) is 0 Å². The SMILES string of the molecule is CN1C(=O)C(=Cc2cccc(OCC(=O)[O-])c2)C(=O)N(C)C1=O. The second-order valence-corrected chi connectivity index (χ2v) is 4.80. The highest BCUT2D eigenvalue weighted by molar-refractivity contribution is 6.30. The molecular formula is C15H13N2O6-. The van der Waals surface area contributed by atoms with Gasteiger partial charge in [-0.2, -0.15) is 0 Å². The van der Waals surface area contributed by atoms with Crippen LogP contribution in [-0.2, 0) is 14.4 Å². The zero-order valence-corrected chi connectivity index (χ0v) is 12.4. The Balaban J connectivity index is 2.31. The Morgan fingerprint density at radius 3 is 2.35 bits per heavy atom. The smallest absolute Gasteiger partial charge is 0.333 e. The molecular weight excluding hydrogens is 304 g/mol. The molecule has 0 unspecified atom stereocenters. The molecule has 0 spiro atoms. The molecule has 23 heavy (non-hydrogen) atoms. The maximum absolute atomic E-state index is 12.1. The highest BCUT2D eigenvalue weighted by Crippen LogP contribution is 2.20. The second-order valence-electron chi connectivity index (χ2n) is 4.80. The molecule has 2 rings (SSSR count). The van der Waals surface area contributed by atoms with Crippen molar-refractivity contribution in [2.75, 3.05) is 20.7 Å². The molecule has 0 N–H and O–H groups in total. The van der Waals surface area contributed by atoms with Crippen LogP contribution >= 0.6 is 0 Å². The largest absolute Gasteiger partial charge is 0.546 e. The van der Waals surface area contributed by atoms with E-state index in [9.17, 15) is 24.3 Å². The monoisotopic (exact) mass is 317 g/mol. The number of carbonyl (C=O) groups excluding carboxylic acids is 4. The van der Waals surface area contributed by atoms with Crippen LogP contribution in [0.1, 0.15) is 5.56 Å². The number of carboxylic acids is 1. The van der Waals surface area contributed by atoms with Gasteiger partial charge in [-0.15, -0.1) is 0 Å². The van der Waals surface area contributed by atoms with Crippen molar-refractivity contribution in [3.63, 3.8) is 0 Å². The first-order valence-electron chi connectivity index (χ1n) is 6.55. The number of ether oxygens (including phenoxy) is 1. The minimum atomic E-state index is -1.37. The molecule has 1 aliphatic rings. The van der Waals surface area contributed by atoms with Gasteiger partial charge in [-0.1, -0.05) is 12.1 Å². The van der Waals surface area contributed by atoms with Crippen molar-refractivity contribution in [3.05, 3.63) is 35.4 Å². The number of urea groups is 1. The average Bonchev–Trinajstić information content (AvgIpc) is 2.53. The summed E-state index contributed by atoms with van der Waals surface area (Å²) in [7, 11) is 2.56. The van der Waals surface area contributed by atoms with Gasteiger partial charge in [0.15, 0.2) is 0 Å². The molecule has 1 aromatic rings. The lowest BCUT2D eigenvalue weighted by atomic mass is 10.1. The summed E-state index contributed by atoms with van der Waals surface area (Å²) < 4.78 is 4.97. The average molecular weight is 317 g/mol. The molecule has 1 aliphatic heterocycles. The van der Waals surface area contributed by atoms with E-state index in [0.717, 1.165) is 9.80 Å². The Hall–Kier alpha value is -3.16. The lowest BCUT2D eigenvalue weighted by Gasteiger charge is -2.28. The number of likely N-dealkylation sites (N-methyl/N-ethyl adjacent to an activating group) is 2. The molecule has 0 bridgehead atoms. The topological polar surface area (TPSA) is 107 Å². The van der Waals surface area contributed by atoms with Crippen molar-refractivity contribution in [1.29, 1.82) is 0 Å². The van der Waals surface area contributed by atoms with Gasteiger partial charge in [0.2, 0.25) is 0 Å². The van der Waals surface area contributed by atoms with E-state index in [1.165, 1.54) is 32.3 Å². The molecule has 0 radical (unpaired) electrons. The first-order valence-corrected chi connectivity index (χ1v) is 6.55. The van der Waals surface area contributed by atoms with Crippen molar-refractivity contribution in [3.8, 4) is 5.75 Å². The van der Waals surface area contributed by atoms with Gasteiger partial charge in [-0.25, -0.2) is 4.79 Å². The lowest BCUT2D eigenvalue weighted by molar-refractivity contribution is -0.307. The van der Waals surface area contributed by atoms with Crippen LogP contribution in [-0.4, -0.2) is 54.3 Å². The van der Waals surface area contributed by atoms with E-state index in [4.69, 9.17) is 4.74 Å². The summed E-state index contributed by atoms with van der Waals surface area (Å²) in [5.41, 5.74) is 0.278. The number of rotatable bonds is 4. The zero-order chi connectivity index (χ0) is 17.1. The number of nitrogens with zero attached hydrogens (tertiary/aromatic N) is 2. The summed E-state index contributed by atoms with van der Waals surface area (Å²) in [6, 6.07) is 5.47. The number of imide groups is 2. The van der Waals surface area contributed by atoms with Gasteiger partial charge < -0.3 is 14.6 Å².